The van der Waals surface area contributed by atoms with Crippen molar-refractivity contribution in [3.63, 3.8) is 0 Å². The maximum atomic E-state index is 12.9. The zero-order valence-corrected chi connectivity index (χ0v) is 17.6. The summed E-state index contributed by atoms with van der Waals surface area (Å²) in [5.74, 6) is -1.06. The molecule has 2 N–H and O–H groups in total. The fourth-order valence-corrected chi connectivity index (χ4v) is 3.52. The van der Waals surface area contributed by atoms with E-state index in [-0.39, 0.29) is 36.0 Å². The average molecular weight is 427 g/mol. The van der Waals surface area contributed by atoms with Gasteiger partial charge in [0.05, 0.1) is 31.9 Å². The van der Waals surface area contributed by atoms with Crippen LogP contribution in [0.4, 0.5) is 0 Å². The maximum Gasteiger partial charge on any atom is 0.295 e. The largest absolute Gasteiger partial charge is 0.507 e. The van der Waals surface area contributed by atoms with Gasteiger partial charge in [-0.05, 0) is 48.9 Å². The van der Waals surface area contributed by atoms with Gasteiger partial charge in [0.25, 0.3) is 11.7 Å². The van der Waals surface area contributed by atoms with E-state index in [4.69, 9.17) is 14.2 Å². The van der Waals surface area contributed by atoms with E-state index >= 15 is 0 Å². The lowest BCUT2D eigenvalue weighted by molar-refractivity contribution is -0.140. The summed E-state index contributed by atoms with van der Waals surface area (Å²) in [6, 6.07) is 10.2. The summed E-state index contributed by atoms with van der Waals surface area (Å²) in [5, 5.41) is 21.1. The van der Waals surface area contributed by atoms with Gasteiger partial charge in [0.2, 0.25) is 0 Å². The van der Waals surface area contributed by atoms with Crippen LogP contribution < -0.4 is 9.47 Å². The van der Waals surface area contributed by atoms with Crippen LogP contribution in [-0.4, -0.2) is 60.8 Å². The van der Waals surface area contributed by atoms with E-state index in [1.54, 1.807) is 43.3 Å². The zero-order valence-electron chi connectivity index (χ0n) is 17.6. The third-order valence-corrected chi connectivity index (χ3v) is 5.04. The average Bonchev–Trinajstić information content (AvgIpc) is 3.03. The molecule has 0 spiro atoms. The van der Waals surface area contributed by atoms with Crippen molar-refractivity contribution in [2.45, 2.75) is 13.0 Å². The fourth-order valence-electron chi connectivity index (χ4n) is 3.52. The third kappa shape index (κ3) is 4.34. The standard InChI is InChI=1S/C23H25NO7/c1-4-31-18-13-15(7-10-17(18)25)20-19(22(27)23(28)24(20)11-12-29-2)21(26)14-5-8-16(30-3)9-6-14/h5-10,13,20,25-26H,4,11-12H2,1-3H3/t20-/m1/s1. The molecule has 8 heteroatoms. The maximum absolute atomic E-state index is 12.9. The number of aliphatic hydroxyl groups excluding tert-OH is 1. The molecule has 0 aliphatic carbocycles. The summed E-state index contributed by atoms with van der Waals surface area (Å²) in [7, 11) is 3.02. The lowest BCUT2D eigenvalue weighted by atomic mass is 9.95. The van der Waals surface area contributed by atoms with Crippen molar-refractivity contribution in [1.29, 1.82) is 0 Å². The molecule has 0 aromatic heterocycles. The molecule has 2 aromatic carbocycles. The number of aliphatic hydroxyl groups is 1. The van der Waals surface area contributed by atoms with Crippen LogP contribution in [0.5, 0.6) is 17.2 Å². The van der Waals surface area contributed by atoms with Crippen molar-refractivity contribution in [2.24, 2.45) is 0 Å². The highest BCUT2D eigenvalue weighted by molar-refractivity contribution is 6.46. The second-order valence-electron chi connectivity index (χ2n) is 6.87. The molecule has 1 heterocycles. The van der Waals surface area contributed by atoms with Crippen LogP contribution >= 0.6 is 0 Å². The first-order valence-corrected chi connectivity index (χ1v) is 9.80. The van der Waals surface area contributed by atoms with Gasteiger partial charge in [-0.3, -0.25) is 9.59 Å². The first kappa shape index (κ1) is 22.2. The number of Topliss-reactive ketones (excluding diaryl/α,β-unsaturated/α-hetero) is 1. The summed E-state index contributed by atoms with van der Waals surface area (Å²) < 4.78 is 15.7. The number of aromatic hydroxyl groups is 1. The Morgan fingerprint density at radius 3 is 2.42 bits per heavy atom. The van der Waals surface area contributed by atoms with Gasteiger partial charge in [0.15, 0.2) is 11.5 Å². The highest BCUT2D eigenvalue weighted by atomic mass is 16.5. The van der Waals surface area contributed by atoms with Crippen LogP contribution in [0.15, 0.2) is 48.0 Å². The number of amides is 1. The number of rotatable bonds is 8. The minimum Gasteiger partial charge on any atom is -0.507 e. The first-order valence-electron chi connectivity index (χ1n) is 9.80. The number of phenolic OH excluding ortho intramolecular Hbond substituents is 1. The molecule has 1 aliphatic heterocycles. The van der Waals surface area contributed by atoms with Gasteiger partial charge in [-0.25, -0.2) is 0 Å². The minimum absolute atomic E-state index is 0.0422. The number of ether oxygens (including phenoxy) is 3. The Hall–Kier alpha value is -3.52. The lowest BCUT2D eigenvalue weighted by Crippen LogP contribution is -2.32. The molecule has 8 nitrogen and oxygen atoms in total. The molecular formula is C23H25NO7. The Morgan fingerprint density at radius 1 is 1.10 bits per heavy atom. The number of hydrogen-bond acceptors (Lipinski definition) is 7. The zero-order chi connectivity index (χ0) is 22.5. The van der Waals surface area contributed by atoms with Crippen LogP contribution in [0.3, 0.4) is 0 Å². The van der Waals surface area contributed by atoms with Gasteiger partial charge in [0, 0.05) is 19.2 Å². The van der Waals surface area contributed by atoms with Crippen molar-refractivity contribution >= 4 is 17.4 Å². The van der Waals surface area contributed by atoms with Crippen molar-refractivity contribution in [3.05, 3.63) is 59.2 Å². The molecule has 1 saturated heterocycles. The van der Waals surface area contributed by atoms with E-state index in [9.17, 15) is 19.8 Å². The number of ketones is 1. The number of likely N-dealkylation sites (tertiary alicyclic amines) is 1. The number of carbonyl (C=O) groups excluding carboxylic acids is 2. The quantitative estimate of drug-likeness (QED) is 0.379. The Kier molecular flexibility index (Phi) is 6.81. The number of nitrogens with zero attached hydrogens (tertiary/aromatic N) is 1. The molecule has 0 radical (unpaired) electrons. The second-order valence-corrected chi connectivity index (χ2v) is 6.87. The van der Waals surface area contributed by atoms with Gasteiger partial charge in [-0.15, -0.1) is 0 Å². The number of methoxy groups -OCH3 is 2. The smallest absolute Gasteiger partial charge is 0.295 e. The molecule has 3 rings (SSSR count). The van der Waals surface area contributed by atoms with Crippen molar-refractivity contribution < 1.29 is 34.0 Å². The molecular weight excluding hydrogens is 402 g/mol. The topological polar surface area (TPSA) is 106 Å². The molecule has 31 heavy (non-hydrogen) atoms. The first-order chi connectivity index (χ1) is 14.9. The lowest BCUT2D eigenvalue weighted by Gasteiger charge is -2.25. The molecule has 0 saturated carbocycles. The fraction of sp³-hybridized carbons (Fsp3) is 0.304. The summed E-state index contributed by atoms with van der Waals surface area (Å²) >= 11 is 0. The summed E-state index contributed by atoms with van der Waals surface area (Å²) in [4.78, 5) is 27.1. The van der Waals surface area contributed by atoms with Crippen LogP contribution in [-0.2, 0) is 14.3 Å². The van der Waals surface area contributed by atoms with Crippen LogP contribution in [0.1, 0.15) is 24.1 Å². The predicted molar refractivity (Wildman–Crippen MR) is 113 cm³/mol. The molecule has 1 amide bonds. The SMILES string of the molecule is CCOc1cc([C@@H]2C(=C(O)c3ccc(OC)cc3)C(=O)C(=O)N2CCOC)ccc1O. The van der Waals surface area contributed by atoms with Crippen LogP contribution in [0.25, 0.3) is 5.76 Å². The molecule has 1 atom stereocenters. The molecule has 1 fully saturated rings. The molecule has 1 aliphatic rings. The summed E-state index contributed by atoms with van der Waals surface area (Å²) in [5.41, 5.74) is 0.852. The van der Waals surface area contributed by atoms with Crippen LogP contribution in [0.2, 0.25) is 0 Å². The van der Waals surface area contributed by atoms with Crippen molar-refractivity contribution in [2.75, 3.05) is 34.0 Å². The van der Waals surface area contributed by atoms with Gasteiger partial charge in [-0.1, -0.05) is 6.07 Å². The predicted octanol–water partition coefficient (Wildman–Crippen LogP) is 2.87. The number of carbonyl (C=O) groups is 2. The van der Waals surface area contributed by atoms with E-state index in [1.807, 2.05) is 0 Å². The number of benzene rings is 2. The Morgan fingerprint density at radius 2 is 1.81 bits per heavy atom. The van der Waals surface area contributed by atoms with E-state index in [1.165, 1.54) is 25.2 Å². The van der Waals surface area contributed by atoms with Crippen molar-refractivity contribution in [3.8, 4) is 17.2 Å². The van der Waals surface area contributed by atoms with E-state index in [2.05, 4.69) is 0 Å². The summed E-state index contributed by atoms with van der Waals surface area (Å²) in [6.45, 7) is 2.46. The number of phenols is 1. The highest BCUT2D eigenvalue weighted by Gasteiger charge is 2.46. The second kappa shape index (κ2) is 9.53. The Labute approximate surface area is 180 Å². The van der Waals surface area contributed by atoms with Gasteiger partial charge in [0.1, 0.15) is 11.5 Å². The Balaban J connectivity index is 2.16. The van der Waals surface area contributed by atoms with Crippen molar-refractivity contribution in [1.82, 2.24) is 4.90 Å². The van der Waals surface area contributed by atoms with Gasteiger partial charge >= 0.3 is 0 Å². The highest BCUT2D eigenvalue weighted by Crippen LogP contribution is 2.41. The molecule has 0 bridgehead atoms. The third-order valence-electron chi connectivity index (χ3n) is 5.04. The Bertz CT molecular complexity index is 997. The van der Waals surface area contributed by atoms with Gasteiger partial charge < -0.3 is 29.3 Å². The summed E-state index contributed by atoms with van der Waals surface area (Å²) in [6.07, 6.45) is 0. The van der Waals surface area contributed by atoms with E-state index < -0.39 is 17.7 Å². The van der Waals surface area contributed by atoms with E-state index in [0.29, 0.717) is 23.5 Å². The number of hydrogen-bond donors (Lipinski definition) is 2. The molecule has 164 valence electrons. The van der Waals surface area contributed by atoms with Crippen LogP contribution in [0, 0.1) is 0 Å². The normalized spacial score (nSPS) is 17.8. The molecule has 0 unspecified atom stereocenters. The molecule has 2 aromatic rings. The minimum atomic E-state index is -0.864. The monoisotopic (exact) mass is 427 g/mol. The van der Waals surface area contributed by atoms with Gasteiger partial charge in [-0.2, -0.15) is 0 Å². The van der Waals surface area contributed by atoms with E-state index in [0.717, 1.165) is 0 Å².